The van der Waals surface area contributed by atoms with Gasteiger partial charge >= 0.3 is 0 Å². The Morgan fingerprint density at radius 3 is 2.65 bits per heavy atom. The van der Waals surface area contributed by atoms with Crippen LogP contribution in [0.4, 0.5) is 5.13 Å². The largest absolute Gasteiger partial charge is 0.302 e. The van der Waals surface area contributed by atoms with E-state index in [-0.39, 0.29) is 10.1 Å². The number of anilines is 1. The molecule has 6 nitrogen and oxygen atoms in total. The lowest BCUT2D eigenvalue weighted by molar-refractivity contribution is -0.116. The summed E-state index contributed by atoms with van der Waals surface area (Å²) in [5.41, 5.74) is 0.323. The number of nitrogens with two attached hydrogens (primary N) is 1. The Balaban J connectivity index is 1.91. The third kappa shape index (κ3) is 4.00. The summed E-state index contributed by atoms with van der Waals surface area (Å²) in [6.07, 6.45) is 6.27. The predicted octanol–water partition coefficient (Wildman–Crippen LogP) is 2.01. The number of sulfonamides is 1. The van der Waals surface area contributed by atoms with Gasteiger partial charge in [-0.1, -0.05) is 37.0 Å². The van der Waals surface area contributed by atoms with Gasteiger partial charge in [-0.25, -0.2) is 18.5 Å². The standard InChI is InChI=1S/C12H19N3O3S2/c1-8-11(20(13,17)18)19-12(14-8)15-10(16)7-6-9-4-2-3-5-9/h9H,2-7H2,1H3,(H2,13,17,18)(H,14,15,16). The third-order valence-corrected chi connectivity index (χ3v) is 6.14. The molecule has 0 aromatic carbocycles. The van der Waals surface area contributed by atoms with Crippen molar-refractivity contribution in [2.24, 2.45) is 11.1 Å². The van der Waals surface area contributed by atoms with Gasteiger partial charge in [-0.15, -0.1) is 0 Å². The summed E-state index contributed by atoms with van der Waals surface area (Å²) in [5.74, 6) is 0.533. The molecule has 2 rings (SSSR count). The van der Waals surface area contributed by atoms with Gasteiger partial charge in [0.15, 0.2) is 9.34 Å². The zero-order valence-corrected chi connectivity index (χ0v) is 13.0. The molecule has 1 amide bonds. The summed E-state index contributed by atoms with van der Waals surface area (Å²) in [7, 11) is -3.77. The number of hydrogen-bond acceptors (Lipinski definition) is 5. The molecular formula is C12H19N3O3S2. The predicted molar refractivity (Wildman–Crippen MR) is 78.0 cm³/mol. The molecule has 0 bridgehead atoms. The number of thiazole rings is 1. The highest BCUT2D eigenvalue weighted by molar-refractivity contribution is 7.91. The zero-order valence-electron chi connectivity index (χ0n) is 11.4. The Bertz CT molecular complexity index is 589. The topological polar surface area (TPSA) is 102 Å². The summed E-state index contributed by atoms with van der Waals surface area (Å²) >= 11 is 0.897. The molecule has 0 aliphatic heterocycles. The minimum atomic E-state index is -3.77. The van der Waals surface area contributed by atoms with E-state index in [1.165, 1.54) is 25.7 Å². The Labute approximate surface area is 122 Å². The van der Waals surface area contributed by atoms with E-state index in [0.29, 0.717) is 23.2 Å². The third-order valence-electron chi connectivity index (χ3n) is 3.51. The molecule has 1 fully saturated rings. The summed E-state index contributed by atoms with van der Waals surface area (Å²) in [6, 6.07) is 0. The van der Waals surface area contributed by atoms with Crippen LogP contribution < -0.4 is 10.5 Å². The molecule has 1 aliphatic carbocycles. The lowest BCUT2D eigenvalue weighted by Gasteiger charge is -2.07. The fourth-order valence-corrected chi connectivity index (χ4v) is 4.39. The molecule has 1 saturated carbocycles. The van der Waals surface area contributed by atoms with Crippen LogP contribution in [0.25, 0.3) is 0 Å². The lowest BCUT2D eigenvalue weighted by atomic mass is 10.0. The summed E-state index contributed by atoms with van der Waals surface area (Å²) in [4.78, 5) is 15.8. The minimum Gasteiger partial charge on any atom is -0.302 e. The average molecular weight is 317 g/mol. The van der Waals surface area contributed by atoms with Crippen molar-refractivity contribution in [1.29, 1.82) is 0 Å². The normalized spacial score (nSPS) is 16.5. The molecule has 1 aromatic heterocycles. The number of amides is 1. The zero-order chi connectivity index (χ0) is 14.8. The van der Waals surface area contributed by atoms with Gasteiger partial charge in [0.25, 0.3) is 0 Å². The van der Waals surface area contributed by atoms with E-state index in [2.05, 4.69) is 10.3 Å². The summed E-state index contributed by atoms with van der Waals surface area (Å²) < 4.78 is 22.6. The van der Waals surface area contributed by atoms with Gasteiger partial charge in [-0.3, -0.25) is 4.79 Å². The van der Waals surface area contributed by atoms with Crippen molar-refractivity contribution in [3.8, 4) is 0 Å². The first-order valence-electron chi connectivity index (χ1n) is 6.66. The molecule has 0 radical (unpaired) electrons. The molecule has 1 aliphatic rings. The highest BCUT2D eigenvalue weighted by Gasteiger charge is 2.20. The Hall–Kier alpha value is -0.990. The van der Waals surface area contributed by atoms with Crippen molar-refractivity contribution in [2.45, 2.75) is 49.7 Å². The molecule has 0 saturated heterocycles. The van der Waals surface area contributed by atoms with E-state index in [4.69, 9.17) is 5.14 Å². The van der Waals surface area contributed by atoms with Crippen LogP contribution in [-0.4, -0.2) is 19.3 Å². The molecule has 8 heteroatoms. The molecule has 0 atom stereocenters. The van der Waals surface area contributed by atoms with Gasteiger partial charge in [0.05, 0.1) is 5.69 Å². The van der Waals surface area contributed by atoms with Gasteiger partial charge in [-0.05, 0) is 19.3 Å². The van der Waals surface area contributed by atoms with Crippen LogP contribution in [0, 0.1) is 12.8 Å². The number of carbonyl (C=O) groups is 1. The van der Waals surface area contributed by atoms with E-state index in [1.807, 2.05) is 0 Å². The summed E-state index contributed by atoms with van der Waals surface area (Å²) in [6.45, 7) is 1.56. The van der Waals surface area contributed by atoms with Crippen molar-refractivity contribution >= 4 is 32.4 Å². The van der Waals surface area contributed by atoms with Crippen molar-refractivity contribution in [3.05, 3.63) is 5.69 Å². The number of aromatic nitrogens is 1. The maximum absolute atomic E-state index is 11.8. The average Bonchev–Trinajstić information content (AvgIpc) is 2.95. The second kappa shape index (κ2) is 6.19. The van der Waals surface area contributed by atoms with Crippen molar-refractivity contribution in [3.63, 3.8) is 0 Å². The van der Waals surface area contributed by atoms with E-state index < -0.39 is 10.0 Å². The molecule has 0 unspecified atom stereocenters. The number of nitrogens with zero attached hydrogens (tertiary/aromatic N) is 1. The number of carbonyl (C=O) groups excluding carboxylic acids is 1. The molecule has 112 valence electrons. The first-order valence-corrected chi connectivity index (χ1v) is 9.02. The number of hydrogen-bond donors (Lipinski definition) is 2. The van der Waals surface area contributed by atoms with Crippen molar-refractivity contribution < 1.29 is 13.2 Å². The molecule has 1 aromatic rings. The van der Waals surface area contributed by atoms with Crippen LogP contribution in [0.2, 0.25) is 0 Å². The second-order valence-corrected chi connectivity index (χ2v) is 7.93. The fourth-order valence-electron chi connectivity index (χ4n) is 2.52. The Morgan fingerprint density at radius 2 is 2.10 bits per heavy atom. The number of rotatable bonds is 5. The van der Waals surface area contributed by atoms with E-state index in [9.17, 15) is 13.2 Å². The van der Waals surface area contributed by atoms with Gasteiger partial charge in [0.2, 0.25) is 15.9 Å². The summed E-state index contributed by atoms with van der Waals surface area (Å²) in [5, 5.41) is 8.02. The van der Waals surface area contributed by atoms with E-state index in [1.54, 1.807) is 6.92 Å². The fraction of sp³-hybridized carbons (Fsp3) is 0.667. The van der Waals surface area contributed by atoms with Crippen LogP contribution in [-0.2, 0) is 14.8 Å². The quantitative estimate of drug-likeness (QED) is 0.867. The van der Waals surface area contributed by atoms with E-state index in [0.717, 1.165) is 17.8 Å². The maximum Gasteiger partial charge on any atom is 0.249 e. The monoisotopic (exact) mass is 317 g/mol. The molecule has 3 N–H and O–H groups in total. The molecular weight excluding hydrogens is 298 g/mol. The smallest absolute Gasteiger partial charge is 0.249 e. The van der Waals surface area contributed by atoms with E-state index >= 15 is 0 Å². The second-order valence-electron chi connectivity index (χ2n) is 5.17. The van der Waals surface area contributed by atoms with Gasteiger partial charge in [-0.2, -0.15) is 0 Å². The highest BCUT2D eigenvalue weighted by Crippen LogP contribution is 2.29. The van der Waals surface area contributed by atoms with Crippen LogP contribution in [0.1, 0.15) is 44.2 Å². The van der Waals surface area contributed by atoms with Crippen molar-refractivity contribution in [1.82, 2.24) is 4.98 Å². The Kier molecular flexibility index (Phi) is 4.77. The maximum atomic E-state index is 11.8. The molecule has 1 heterocycles. The van der Waals surface area contributed by atoms with Gasteiger partial charge < -0.3 is 5.32 Å². The van der Waals surface area contributed by atoms with Gasteiger partial charge in [0, 0.05) is 6.42 Å². The number of aryl methyl sites for hydroxylation is 1. The highest BCUT2D eigenvalue weighted by atomic mass is 32.2. The van der Waals surface area contributed by atoms with Gasteiger partial charge in [0.1, 0.15) is 0 Å². The van der Waals surface area contributed by atoms with Crippen LogP contribution in [0.15, 0.2) is 4.21 Å². The lowest BCUT2D eigenvalue weighted by Crippen LogP contribution is -2.12. The SMILES string of the molecule is Cc1nc(NC(=O)CCC2CCCC2)sc1S(N)(=O)=O. The Morgan fingerprint density at radius 1 is 1.45 bits per heavy atom. The number of primary sulfonamides is 1. The first kappa shape index (κ1) is 15.4. The minimum absolute atomic E-state index is 0.00333. The molecule has 20 heavy (non-hydrogen) atoms. The first-order chi connectivity index (χ1) is 9.36. The van der Waals surface area contributed by atoms with Crippen LogP contribution >= 0.6 is 11.3 Å². The van der Waals surface area contributed by atoms with Crippen LogP contribution in [0.5, 0.6) is 0 Å². The molecule has 0 spiro atoms. The number of nitrogens with one attached hydrogen (secondary N) is 1. The van der Waals surface area contributed by atoms with Crippen LogP contribution in [0.3, 0.4) is 0 Å². The van der Waals surface area contributed by atoms with Crippen molar-refractivity contribution in [2.75, 3.05) is 5.32 Å².